The van der Waals surface area contributed by atoms with Crippen LogP contribution < -0.4 is 5.32 Å². The molecule has 2 aromatic rings. The van der Waals surface area contributed by atoms with Crippen LogP contribution in [0.4, 0.5) is 0 Å². The molecular formula is C18H25N3. The standard InChI is InChI=1S/C18H25N3/c1-4-21-16(11-13(2)20-21)12-15-10-9-14-7-5-6-8-17(14)18(15)19-3/h5-8,11,15,18-19H,4,9-10,12H2,1-3H3. The van der Waals surface area contributed by atoms with Gasteiger partial charge in [0.15, 0.2) is 0 Å². The molecule has 1 heterocycles. The fourth-order valence-corrected chi connectivity index (χ4v) is 3.74. The van der Waals surface area contributed by atoms with Crippen molar-refractivity contribution in [1.82, 2.24) is 15.1 Å². The molecule has 1 aromatic heterocycles. The van der Waals surface area contributed by atoms with E-state index in [0.29, 0.717) is 12.0 Å². The van der Waals surface area contributed by atoms with Gasteiger partial charge >= 0.3 is 0 Å². The van der Waals surface area contributed by atoms with E-state index in [9.17, 15) is 0 Å². The van der Waals surface area contributed by atoms with Crippen LogP contribution >= 0.6 is 0 Å². The Bertz CT molecular complexity index is 615. The fraction of sp³-hybridized carbons (Fsp3) is 0.500. The number of rotatable bonds is 4. The van der Waals surface area contributed by atoms with E-state index in [1.807, 2.05) is 0 Å². The summed E-state index contributed by atoms with van der Waals surface area (Å²) in [6.45, 7) is 5.21. The van der Waals surface area contributed by atoms with Gasteiger partial charge in [-0.05, 0) is 63.3 Å². The van der Waals surface area contributed by atoms with Crippen LogP contribution in [-0.2, 0) is 19.4 Å². The summed E-state index contributed by atoms with van der Waals surface area (Å²) in [5.74, 6) is 0.645. The first-order valence-corrected chi connectivity index (χ1v) is 8.01. The highest BCUT2D eigenvalue weighted by Crippen LogP contribution is 2.36. The molecule has 1 N–H and O–H groups in total. The molecule has 21 heavy (non-hydrogen) atoms. The molecule has 1 aromatic carbocycles. The van der Waals surface area contributed by atoms with Crippen LogP contribution in [0.3, 0.4) is 0 Å². The molecule has 1 aliphatic rings. The van der Waals surface area contributed by atoms with Gasteiger partial charge in [0.2, 0.25) is 0 Å². The average Bonchev–Trinajstić information content (AvgIpc) is 2.86. The molecule has 0 bridgehead atoms. The summed E-state index contributed by atoms with van der Waals surface area (Å²) in [5.41, 5.74) is 5.49. The van der Waals surface area contributed by atoms with Gasteiger partial charge in [-0.25, -0.2) is 0 Å². The molecule has 0 aliphatic heterocycles. The molecule has 1 aliphatic carbocycles. The fourth-order valence-electron chi connectivity index (χ4n) is 3.74. The summed E-state index contributed by atoms with van der Waals surface area (Å²) in [4.78, 5) is 0. The summed E-state index contributed by atoms with van der Waals surface area (Å²) in [6.07, 6.45) is 3.54. The first-order valence-electron chi connectivity index (χ1n) is 8.01. The molecule has 3 rings (SSSR count). The van der Waals surface area contributed by atoms with Gasteiger partial charge in [0.1, 0.15) is 0 Å². The van der Waals surface area contributed by atoms with Gasteiger partial charge in [0.05, 0.1) is 5.69 Å². The number of hydrogen-bond donors (Lipinski definition) is 1. The van der Waals surface area contributed by atoms with Crippen molar-refractivity contribution < 1.29 is 0 Å². The van der Waals surface area contributed by atoms with Crippen LogP contribution in [0.15, 0.2) is 30.3 Å². The maximum absolute atomic E-state index is 4.59. The van der Waals surface area contributed by atoms with Crippen LogP contribution in [0.1, 0.15) is 41.9 Å². The Labute approximate surface area is 127 Å². The van der Waals surface area contributed by atoms with E-state index in [-0.39, 0.29) is 0 Å². The third kappa shape index (κ3) is 2.75. The molecule has 0 saturated carbocycles. The highest BCUT2D eigenvalue weighted by Gasteiger charge is 2.29. The van der Waals surface area contributed by atoms with E-state index in [1.165, 1.54) is 29.7 Å². The Morgan fingerprint density at radius 3 is 2.90 bits per heavy atom. The van der Waals surface area contributed by atoms with Crippen LogP contribution in [-0.4, -0.2) is 16.8 Å². The van der Waals surface area contributed by atoms with Crippen molar-refractivity contribution >= 4 is 0 Å². The van der Waals surface area contributed by atoms with E-state index < -0.39 is 0 Å². The largest absolute Gasteiger partial charge is 0.313 e. The van der Waals surface area contributed by atoms with Crippen molar-refractivity contribution in [3.05, 3.63) is 52.8 Å². The monoisotopic (exact) mass is 283 g/mol. The Morgan fingerprint density at radius 2 is 2.14 bits per heavy atom. The number of nitrogens with one attached hydrogen (secondary N) is 1. The van der Waals surface area contributed by atoms with E-state index >= 15 is 0 Å². The topological polar surface area (TPSA) is 29.9 Å². The summed E-state index contributed by atoms with van der Waals surface area (Å²) in [5, 5.41) is 8.13. The average molecular weight is 283 g/mol. The van der Waals surface area contributed by atoms with Crippen molar-refractivity contribution in [1.29, 1.82) is 0 Å². The number of aromatic nitrogens is 2. The van der Waals surface area contributed by atoms with Crippen LogP contribution in [0, 0.1) is 12.8 Å². The van der Waals surface area contributed by atoms with Crippen molar-refractivity contribution in [2.24, 2.45) is 5.92 Å². The summed E-state index contributed by atoms with van der Waals surface area (Å²) >= 11 is 0. The van der Waals surface area contributed by atoms with Gasteiger partial charge in [0.25, 0.3) is 0 Å². The SMILES string of the molecule is CCn1nc(C)cc1CC1CCc2ccccc2C1NC. The van der Waals surface area contributed by atoms with Crippen LogP contribution in [0.5, 0.6) is 0 Å². The molecule has 2 unspecified atom stereocenters. The van der Waals surface area contributed by atoms with Gasteiger partial charge in [-0.15, -0.1) is 0 Å². The first-order chi connectivity index (χ1) is 10.2. The summed E-state index contributed by atoms with van der Waals surface area (Å²) in [6, 6.07) is 11.6. The molecule has 0 amide bonds. The number of nitrogens with zero attached hydrogens (tertiary/aromatic N) is 2. The third-order valence-corrected chi connectivity index (χ3v) is 4.71. The highest BCUT2D eigenvalue weighted by atomic mass is 15.3. The molecular weight excluding hydrogens is 258 g/mol. The van der Waals surface area contributed by atoms with E-state index in [2.05, 4.69) is 66.3 Å². The van der Waals surface area contributed by atoms with Gasteiger partial charge in [-0.1, -0.05) is 24.3 Å². The number of aryl methyl sites for hydroxylation is 3. The van der Waals surface area contributed by atoms with Crippen molar-refractivity contribution in [3.63, 3.8) is 0 Å². The quantitative estimate of drug-likeness (QED) is 0.933. The molecule has 0 spiro atoms. The molecule has 3 heteroatoms. The van der Waals surface area contributed by atoms with Gasteiger partial charge < -0.3 is 5.32 Å². The van der Waals surface area contributed by atoms with E-state index in [4.69, 9.17) is 0 Å². The van der Waals surface area contributed by atoms with Crippen molar-refractivity contribution in [2.75, 3.05) is 7.05 Å². The second-order valence-electron chi connectivity index (χ2n) is 6.06. The molecule has 3 nitrogen and oxygen atoms in total. The molecule has 0 radical (unpaired) electrons. The Kier molecular flexibility index (Phi) is 4.11. The Balaban J connectivity index is 1.86. The molecule has 0 saturated heterocycles. The van der Waals surface area contributed by atoms with Gasteiger partial charge in [-0.2, -0.15) is 5.10 Å². The maximum Gasteiger partial charge on any atom is 0.0596 e. The lowest BCUT2D eigenvalue weighted by Gasteiger charge is -2.33. The van der Waals surface area contributed by atoms with Crippen LogP contribution in [0.25, 0.3) is 0 Å². The zero-order chi connectivity index (χ0) is 14.8. The van der Waals surface area contributed by atoms with Gasteiger partial charge in [0, 0.05) is 18.3 Å². The number of fused-ring (bicyclic) bond motifs is 1. The van der Waals surface area contributed by atoms with Crippen molar-refractivity contribution in [2.45, 2.75) is 45.7 Å². The molecule has 112 valence electrons. The summed E-state index contributed by atoms with van der Waals surface area (Å²) in [7, 11) is 2.09. The van der Waals surface area contributed by atoms with E-state index in [0.717, 1.165) is 18.7 Å². The number of benzene rings is 1. The lowest BCUT2D eigenvalue weighted by molar-refractivity contribution is 0.327. The first kappa shape index (κ1) is 14.3. The number of hydrogen-bond acceptors (Lipinski definition) is 2. The highest BCUT2D eigenvalue weighted by molar-refractivity contribution is 5.33. The van der Waals surface area contributed by atoms with Crippen molar-refractivity contribution in [3.8, 4) is 0 Å². The third-order valence-electron chi connectivity index (χ3n) is 4.71. The minimum Gasteiger partial charge on any atom is -0.313 e. The second kappa shape index (κ2) is 6.02. The van der Waals surface area contributed by atoms with Crippen LogP contribution in [0.2, 0.25) is 0 Å². The molecule has 2 atom stereocenters. The zero-order valence-electron chi connectivity index (χ0n) is 13.3. The zero-order valence-corrected chi connectivity index (χ0v) is 13.3. The Hall–Kier alpha value is -1.61. The minimum absolute atomic E-state index is 0.454. The van der Waals surface area contributed by atoms with Gasteiger partial charge in [-0.3, -0.25) is 4.68 Å². The predicted octanol–water partition coefficient (Wildman–Crippen LogP) is 3.28. The predicted molar refractivity (Wildman–Crippen MR) is 86.4 cm³/mol. The maximum atomic E-state index is 4.59. The lowest BCUT2D eigenvalue weighted by Crippen LogP contribution is -2.31. The lowest BCUT2D eigenvalue weighted by atomic mass is 9.77. The second-order valence-corrected chi connectivity index (χ2v) is 6.06. The smallest absolute Gasteiger partial charge is 0.0596 e. The Morgan fingerprint density at radius 1 is 1.33 bits per heavy atom. The van der Waals surface area contributed by atoms with E-state index in [1.54, 1.807) is 0 Å². The normalized spacial score (nSPS) is 21.3. The minimum atomic E-state index is 0.454. The molecule has 0 fully saturated rings. The summed E-state index contributed by atoms with van der Waals surface area (Å²) < 4.78 is 2.16.